The van der Waals surface area contributed by atoms with Gasteiger partial charge in [-0.3, -0.25) is 9.59 Å². The standard InChI is InChI=1S/C20H22N2O6/c1-21-13(7-11-3-5-15(23)17(25)9-11)20(28)22(2)14(19(21)27)8-12-4-6-16(24)18(26)10-12/h3-6,9-10,13-14,23-26H,7-8H2,1-2H3. The molecule has 0 aliphatic carbocycles. The highest BCUT2D eigenvalue weighted by atomic mass is 16.3. The maximum absolute atomic E-state index is 12.9. The zero-order chi connectivity index (χ0) is 20.6. The zero-order valence-electron chi connectivity index (χ0n) is 15.5. The minimum Gasteiger partial charge on any atom is -0.504 e. The molecule has 8 nitrogen and oxygen atoms in total. The van der Waals surface area contributed by atoms with E-state index in [2.05, 4.69) is 0 Å². The Hall–Kier alpha value is -3.42. The second kappa shape index (κ2) is 7.30. The summed E-state index contributed by atoms with van der Waals surface area (Å²) in [5.74, 6) is -1.57. The smallest absolute Gasteiger partial charge is 0.246 e. The molecule has 148 valence electrons. The first-order chi connectivity index (χ1) is 13.2. The summed E-state index contributed by atoms with van der Waals surface area (Å²) >= 11 is 0. The molecule has 0 spiro atoms. The van der Waals surface area contributed by atoms with Crippen molar-refractivity contribution in [3.8, 4) is 23.0 Å². The number of piperazine rings is 1. The number of benzene rings is 2. The number of hydrogen-bond acceptors (Lipinski definition) is 6. The van der Waals surface area contributed by atoms with Crippen molar-refractivity contribution in [3.63, 3.8) is 0 Å². The topological polar surface area (TPSA) is 122 Å². The van der Waals surface area contributed by atoms with Gasteiger partial charge in [0.1, 0.15) is 12.1 Å². The number of carbonyl (C=O) groups excluding carboxylic acids is 2. The molecule has 2 aromatic carbocycles. The maximum atomic E-state index is 12.9. The Morgan fingerprint density at radius 3 is 1.36 bits per heavy atom. The molecule has 0 radical (unpaired) electrons. The van der Waals surface area contributed by atoms with Crippen LogP contribution < -0.4 is 0 Å². The van der Waals surface area contributed by atoms with Crippen molar-refractivity contribution in [2.24, 2.45) is 0 Å². The van der Waals surface area contributed by atoms with Gasteiger partial charge < -0.3 is 30.2 Å². The summed E-state index contributed by atoms with van der Waals surface area (Å²) < 4.78 is 0. The molecule has 3 rings (SSSR count). The molecule has 2 atom stereocenters. The van der Waals surface area contributed by atoms with Crippen molar-refractivity contribution in [1.29, 1.82) is 0 Å². The van der Waals surface area contributed by atoms with Crippen LogP contribution in [0.4, 0.5) is 0 Å². The van der Waals surface area contributed by atoms with Gasteiger partial charge in [-0.2, -0.15) is 0 Å². The van der Waals surface area contributed by atoms with Crippen LogP contribution >= 0.6 is 0 Å². The van der Waals surface area contributed by atoms with E-state index in [-0.39, 0.29) is 47.7 Å². The van der Waals surface area contributed by atoms with Crippen LogP contribution in [0.3, 0.4) is 0 Å². The quantitative estimate of drug-likeness (QED) is 0.581. The molecular weight excluding hydrogens is 364 g/mol. The third-order valence-corrected chi connectivity index (χ3v) is 5.14. The number of aromatic hydroxyl groups is 4. The van der Waals surface area contributed by atoms with E-state index in [1.807, 2.05) is 0 Å². The van der Waals surface area contributed by atoms with E-state index in [0.29, 0.717) is 11.1 Å². The molecule has 28 heavy (non-hydrogen) atoms. The van der Waals surface area contributed by atoms with Gasteiger partial charge in [0.2, 0.25) is 11.8 Å². The molecule has 2 unspecified atom stereocenters. The number of phenols is 4. The molecule has 8 heteroatoms. The first kappa shape index (κ1) is 19.3. The molecule has 1 aliphatic rings. The van der Waals surface area contributed by atoms with Crippen LogP contribution in [0.5, 0.6) is 23.0 Å². The van der Waals surface area contributed by atoms with E-state index in [9.17, 15) is 30.0 Å². The van der Waals surface area contributed by atoms with Gasteiger partial charge in [-0.25, -0.2) is 0 Å². The fraction of sp³-hybridized carbons (Fsp3) is 0.300. The van der Waals surface area contributed by atoms with Gasteiger partial charge in [0, 0.05) is 26.9 Å². The van der Waals surface area contributed by atoms with E-state index < -0.39 is 12.1 Å². The predicted molar refractivity (Wildman–Crippen MR) is 100 cm³/mol. The zero-order valence-corrected chi connectivity index (χ0v) is 15.5. The van der Waals surface area contributed by atoms with Crippen LogP contribution in [-0.2, 0) is 22.4 Å². The van der Waals surface area contributed by atoms with Crippen molar-refractivity contribution >= 4 is 11.8 Å². The van der Waals surface area contributed by atoms with E-state index in [1.54, 1.807) is 26.2 Å². The molecule has 1 heterocycles. The first-order valence-corrected chi connectivity index (χ1v) is 8.74. The molecule has 2 amide bonds. The Balaban J connectivity index is 1.80. The van der Waals surface area contributed by atoms with Gasteiger partial charge in [-0.15, -0.1) is 0 Å². The van der Waals surface area contributed by atoms with E-state index in [0.717, 1.165) is 0 Å². The van der Waals surface area contributed by atoms with Gasteiger partial charge in [0.15, 0.2) is 23.0 Å². The Morgan fingerprint density at radius 1 is 0.679 bits per heavy atom. The van der Waals surface area contributed by atoms with Gasteiger partial charge in [-0.1, -0.05) is 12.1 Å². The molecule has 1 saturated heterocycles. The largest absolute Gasteiger partial charge is 0.504 e. The summed E-state index contributed by atoms with van der Waals surface area (Å²) in [5.41, 5.74) is 1.23. The van der Waals surface area contributed by atoms with Crippen LogP contribution in [0, 0.1) is 0 Å². The van der Waals surface area contributed by atoms with Crippen molar-refractivity contribution < 1.29 is 30.0 Å². The normalized spacial score (nSPS) is 19.9. The number of phenolic OH excluding ortho intramolecular Hbond substituents is 4. The minimum atomic E-state index is -0.731. The average molecular weight is 386 g/mol. The van der Waals surface area contributed by atoms with E-state index >= 15 is 0 Å². The maximum Gasteiger partial charge on any atom is 0.246 e. The third-order valence-electron chi connectivity index (χ3n) is 5.14. The summed E-state index contributed by atoms with van der Waals surface area (Å²) in [6.07, 6.45) is 0.401. The summed E-state index contributed by atoms with van der Waals surface area (Å²) in [5, 5.41) is 38.2. The summed E-state index contributed by atoms with van der Waals surface area (Å²) in [4.78, 5) is 28.6. The lowest BCUT2D eigenvalue weighted by Crippen LogP contribution is -2.63. The van der Waals surface area contributed by atoms with Crippen LogP contribution in [0.2, 0.25) is 0 Å². The molecule has 0 saturated carbocycles. The Labute approximate surface area is 161 Å². The van der Waals surface area contributed by atoms with E-state index in [1.165, 1.54) is 34.1 Å². The monoisotopic (exact) mass is 386 g/mol. The lowest BCUT2D eigenvalue weighted by atomic mass is 9.95. The lowest BCUT2D eigenvalue weighted by Gasteiger charge is -2.42. The third kappa shape index (κ3) is 3.53. The fourth-order valence-electron chi connectivity index (χ4n) is 3.40. The van der Waals surface area contributed by atoms with Crippen molar-refractivity contribution in [2.75, 3.05) is 14.1 Å². The fourth-order valence-corrected chi connectivity index (χ4v) is 3.40. The first-order valence-electron chi connectivity index (χ1n) is 8.74. The van der Waals surface area contributed by atoms with Crippen molar-refractivity contribution in [2.45, 2.75) is 24.9 Å². The van der Waals surface area contributed by atoms with E-state index in [4.69, 9.17) is 0 Å². The van der Waals surface area contributed by atoms with Gasteiger partial charge in [-0.05, 0) is 35.4 Å². The highest BCUT2D eigenvalue weighted by Crippen LogP contribution is 2.29. The van der Waals surface area contributed by atoms with Crippen molar-refractivity contribution in [3.05, 3.63) is 47.5 Å². The highest BCUT2D eigenvalue weighted by Gasteiger charge is 2.42. The Bertz CT molecular complexity index is 853. The number of hydrogen-bond donors (Lipinski definition) is 4. The van der Waals surface area contributed by atoms with Crippen LogP contribution in [0.15, 0.2) is 36.4 Å². The van der Waals surface area contributed by atoms with Crippen LogP contribution in [0.1, 0.15) is 11.1 Å². The number of carbonyl (C=O) groups is 2. The van der Waals surface area contributed by atoms with Gasteiger partial charge >= 0.3 is 0 Å². The second-order valence-corrected chi connectivity index (χ2v) is 6.98. The Morgan fingerprint density at radius 2 is 1.04 bits per heavy atom. The molecule has 1 fully saturated rings. The second-order valence-electron chi connectivity index (χ2n) is 6.98. The number of amides is 2. The molecular formula is C20H22N2O6. The number of rotatable bonds is 4. The molecule has 0 aromatic heterocycles. The minimum absolute atomic E-state index is 0.200. The lowest BCUT2D eigenvalue weighted by molar-refractivity contribution is -0.158. The number of likely N-dealkylation sites (N-methyl/N-ethyl adjacent to an activating group) is 2. The highest BCUT2D eigenvalue weighted by molar-refractivity contribution is 5.97. The Kier molecular flexibility index (Phi) is 5.04. The van der Waals surface area contributed by atoms with Gasteiger partial charge in [0.25, 0.3) is 0 Å². The molecule has 1 aliphatic heterocycles. The number of nitrogens with zero attached hydrogens (tertiary/aromatic N) is 2. The predicted octanol–water partition coefficient (Wildman–Crippen LogP) is 0.962. The molecule has 2 aromatic rings. The van der Waals surface area contributed by atoms with Crippen LogP contribution in [-0.4, -0.2) is 68.2 Å². The molecule has 4 N–H and O–H groups in total. The van der Waals surface area contributed by atoms with Gasteiger partial charge in [0.05, 0.1) is 0 Å². The molecule has 0 bridgehead atoms. The summed E-state index contributed by atoms with van der Waals surface area (Å²) in [6.45, 7) is 0. The average Bonchev–Trinajstić information content (AvgIpc) is 2.66. The van der Waals surface area contributed by atoms with Crippen molar-refractivity contribution in [1.82, 2.24) is 9.80 Å². The summed E-state index contributed by atoms with van der Waals surface area (Å²) in [7, 11) is 3.11. The SMILES string of the molecule is CN1C(=O)C(Cc2ccc(O)c(O)c2)N(C)C(=O)C1Cc1ccc(O)c(O)c1. The van der Waals surface area contributed by atoms with Crippen LogP contribution in [0.25, 0.3) is 0 Å². The summed E-state index contributed by atoms with van der Waals surface area (Å²) in [6, 6.07) is 7.13.